The van der Waals surface area contributed by atoms with Gasteiger partial charge in [0.15, 0.2) is 0 Å². The summed E-state index contributed by atoms with van der Waals surface area (Å²) in [5.41, 5.74) is 0. The van der Waals surface area contributed by atoms with E-state index in [-0.39, 0.29) is 18.7 Å². The van der Waals surface area contributed by atoms with E-state index in [0.29, 0.717) is 24.9 Å². The van der Waals surface area contributed by atoms with E-state index in [4.69, 9.17) is 9.84 Å². The van der Waals surface area contributed by atoms with Crippen LogP contribution in [0.3, 0.4) is 0 Å². The second-order valence-electron chi connectivity index (χ2n) is 6.36. The molecule has 6 nitrogen and oxygen atoms in total. The summed E-state index contributed by atoms with van der Waals surface area (Å²) >= 11 is 0. The molecule has 2 rings (SSSR count). The van der Waals surface area contributed by atoms with Crippen LogP contribution < -0.4 is 0 Å². The van der Waals surface area contributed by atoms with Gasteiger partial charge in [-0.25, -0.2) is 9.59 Å². The number of rotatable bonds is 3. The number of likely N-dealkylation sites (tertiary alicyclic amines) is 2. The number of hydrogen-bond acceptors (Lipinski definition) is 3. The molecule has 2 amide bonds. The summed E-state index contributed by atoms with van der Waals surface area (Å²) in [7, 11) is 0. The number of carbonyl (C=O) groups excluding carboxylic acids is 1. The number of amides is 2. The van der Waals surface area contributed by atoms with Crippen LogP contribution in [0.15, 0.2) is 0 Å². The molecular weight excluding hydrogens is 272 g/mol. The van der Waals surface area contributed by atoms with Crippen LogP contribution >= 0.6 is 0 Å². The van der Waals surface area contributed by atoms with E-state index in [2.05, 4.69) is 13.8 Å². The van der Waals surface area contributed by atoms with Crippen LogP contribution in [0.5, 0.6) is 0 Å². The first kappa shape index (κ1) is 16.1. The van der Waals surface area contributed by atoms with E-state index >= 15 is 0 Å². The number of piperidine rings is 2. The largest absolute Gasteiger partial charge is 0.480 e. The first-order chi connectivity index (χ1) is 9.97. The van der Waals surface area contributed by atoms with Gasteiger partial charge in [-0.3, -0.25) is 0 Å². The van der Waals surface area contributed by atoms with Crippen LogP contribution in [-0.2, 0) is 9.53 Å². The lowest BCUT2D eigenvalue weighted by Crippen LogP contribution is -2.51. The zero-order valence-corrected chi connectivity index (χ0v) is 13.0. The van der Waals surface area contributed by atoms with E-state index < -0.39 is 5.97 Å². The lowest BCUT2D eigenvalue weighted by atomic mass is 9.89. The number of nitrogens with zero attached hydrogens (tertiary/aromatic N) is 2. The third kappa shape index (κ3) is 4.33. The Morgan fingerprint density at radius 2 is 1.67 bits per heavy atom. The highest BCUT2D eigenvalue weighted by atomic mass is 16.5. The predicted molar refractivity (Wildman–Crippen MR) is 78.1 cm³/mol. The summed E-state index contributed by atoms with van der Waals surface area (Å²) in [6.45, 7) is 7.20. The fraction of sp³-hybridized carbons (Fsp3) is 0.867. The Balaban J connectivity index is 1.76. The maximum absolute atomic E-state index is 12.5. The van der Waals surface area contributed by atoms with E-state index in [1.54, 1.807) is 0 Å². The first-order valence-electron chi connectivity index (χ1n) is 7.84. The maximum atomic E-state index is 12.5. The molecule has 2 atom stereocenters. The molecule has 2 fully saturated rings. The molecule has 0 aromatic carbocycles. The highest BCUT2D eigenvalue weighted by molar-refractivity contribution is 5.74. The SMILES string of the molecule is CC1CCN(C(=O)N2CCC(OCC(=O)O)CC2)CC1C. The summed E-state index contributed by atoms with van der Waals surface area (Å²) in [4.78, 5) is 26.8. The number of urea groups is 1. The van der Waals surface area contributed by atoms with Gasteiger partial charge in [0.2, 0.25) is 0 Å². The molecule has 2 saturated heterocycles. The van der Waals surface area contributed by atoms with E-state index in [1.807, 2.05) is 9.80 Å². The third-order valence-corrected chi connectivity index (χ3v) is 4.76. The molecule has 0 aliphatic carbocycles. The number of carboxylic acids is 1. The van der Waals surface area contributed by atoms with E-state index in [1.165, 1.54) is 0 Å². The van der Waals surface area contributed by atoms with Gasteiger partial charge in [0.25, 0.3) is 0 Å². The number of carboxylic acid groups (broad SMARTS) is 1. The Hall–Kier alpha value is -1.30. The topological polar surface area (TPSA) is 70.1 Å². The highest BCUT2D eigenvalue weighted by Crippen LogP contribution is 2.24. The lowest BCUT2D eigenvalue weighted by Gasteiger charge is -2.40. The van der Waals surface area contributed by atoms with Crippen molar-refractivity contribution in [2.45, 2.75) is 39.2 Å². The zero-order valence-electron chi connectivity index (χ0n) is 13.0. The fourth-order valence-electron chi connectivity index (χ4n) is 3.04. The Labute approximate surface area is 126 Å². The lowest BCUT2D eigenvalue weighted by molar-refractivity contribution is -0.145. The smallest absolute Gasteiger partial charge is 0.329 e. The van der Waals surface area contributed by atoms with Crippen molar-refractivity contribution < 1.29 is 19.4 Å². The number of hydrogen-bond donors (Lipinski definition) is 1. The molecule has 6 heteroatoms. The van der Waals surface area contributed by atoms with Gasteiger partial charge in [0, 0.05) is 26.2 Å². The molecule has 0 bridgehead atoms. The molecule has 0 aromatic heterocycles. The van der Waals surface area contributed by atoms with Gasteiger partial charge >= 0.3 is 12.0 Å². The van der Waals surface area contributed by atoms with Gasteiger partial charge < -0.3 is 19.6 Å². The Morgan fingerprint density at radius 3 is 2.24 bits per heavy atom. The highest BCUT2D eigenvalue weighted by Gasteiger charge is 2.31. The van der Waals surface area contributed by atoms with Gasteiger partial charge in [-0.1, -0.05) is 13.8 Å². The zero-order chi connectivity index (χ0) is 15.4. The number of aliphatic carboxylic acids is 1. The van der Waals surface area contributed by atoms with Crippen LogP contribution in [0.25, 0.3) is 0 Å². The molecule has 21 heavy (non-hydrogen) atoms. The number of carbonyl (C=O) groups is 2. The van der Waals surface area contributed by atoms with Crippen LogP contribution in [0.1, 0.15) is 33.1 Å². The molecule has 0 aromatic rings. The van der Waals surface area contributed by atoms with Gasteiger partial charge in [-0.2, -0.15) is 0 Å². The van der Waals surface area contributed by atoms with Gasteiger partial charge in [-0.15, -0.1) is 0 Å². The molecule has 2 aliphatic heterocycles. The normalized spacial score (nSPS) is 27.7. The maximum Gasteiger partial charge on any atom is 0.329 e. The average Bonchev–Trinajstić information content (AvgIpc) is 2.48. The van der Waals surface area contributed by atoms with Gasteiger partial charge in [0.05, 0.1) is 6.10 Å². The van der Waals surface area contributed by atoms with Crippen molar-refractivity contribution in [2.24, 2.45) is 11.8 Å². The van der Waals surface area contributed by atoms with Crippen molar-refractivity contribution in [3.63, 3.8) is 0 Å². The third-order valence-electron chi connectivity index (χ3n) is 4.76. The molecule has 120 valence electrons. The average molecular weight is 298 g/mol. The predicted octanol–water partition coefficient (Wildman–Crippen LogP) is 1.65. The minimum Gasteiger partial charge on any atom is -0.480 e. The summed E-state index contributed by atoms with van der Waals surface area (Å²) in [5, 5.41) is 8.60. The van der Waals surface area contributed by atoms with Crippen LogP contribution in [0.2, 0.25) is 0 Å². The summed E-state index contributed by atoms with van der Waals surface area (Å²) in [5.74, 6) is 0.299. The van der Waals surface area contributed by atoms with Crippen LogP contribution in [-0.4, -0.2) is 65.8 Å². The summed E-state index contributed by atoms with van der Waals surface area (Å²) in [6.07, 6.45) is 2.48. The molecule has 2 unspecified atom stereocenters. The second kappa shape index (κ2) is 7.11. The monoisotopic (exact) mass is 298 g/mol. The molecule has 0 spiro atoms. The van der Waals surface area contributed by atoms with Crippen LogP contribution in [0.4, 0.5) is 4.79 Å². The van der Waals surface area contributed by atoms with Crippen molar-refractivity contribution in [2.75, 3.05) is 32.8 Å². The molecule has 2 aliphatic rings. The quantitative estimate of drug-likeness (QED) is 0.860. The molecule has 0 saturated carbocycles. The van der Waals surface area contributed by atoms with Crippen molar-refractivity contribution in [3.05, 3.63) is 0 Å². The number of ether oxygens (including phenoxy) is 1. The van der Waals surface area contributed by atoms with E-state index in [9.17, 15) is 9.59 Å². The van der Waals surface area contributed by atoms with Crippen molar-refractivity contribution in [3.8, 4) is 0 Å². The Bertz CT molecular complexity index is 380. The van der Waals surface area contributed by atoms with Crippen LogP contribution in [0, 0.1) is 11.8 Å². The second-order valence-corrected chi connectivity index (χ2v) is 6.36. The molecule has 0 radical (unpaired) electrons. The minimum atomic E-state index is -0.940. The minimum absolute atomic E-state index is 0.0366. The Morgan fingerprint density at radius 1 is 1.05 bits per heavy atom. The van der Waals surface area contributed by atoms with E-state index in [0.717, 1.165) is 32.4 Å². The molecular formula is C15H26N2O4. The Kier molecular flexibility index (Phi) is 5.45. The summed E-state index contributed by atoms with van der Waals surface area (Å²) in [6, 6.07) is 0.130. The van der Waals surface area contributed by atoms with Gasteiger partial charge in [0.1, 0.15) is 6.61 Å². The molecule has 1 N–H and O–H groups in total. The first-order valence-corrected chi connectivity index (χ1v) is 7.84. The van der Waals surface area contributed by atoms with Gasteiger partial charge in [-0.05, 0) is 31.1 Å². The van der Waals surface area contributed by atoms with Crippen molar-refractivity contribution in [1.82, 2.24) is 9.80 Å². The standard InChI is InChI=1S/C15H26N2O4/c1-11-3-6-17(9-12(11)2)15(20)16-7-4-13(5-8-16)21-10-14(18)19/h11-13H,3-10H2,1-2H3,(H,18,19). The van der Waals surface area contributed by atoms with Crippen molar-refractivity contribution >= 4 is 12.0 Å². The van der Waals surface area contributed by atoms with Crippen molar-refractivity contribution in [1.29, 1.82) is 0 Å². The summed E-state index contributed by atoms with van der Waals surface area (Å²) < 4.78 is 5.30. The fourth-order valence-corrected chi connectivity index (χ4v) is 3.04. The molecule has 2 heterocycles.